The smallest absolute Gasteiger partial charge is 0.255 e. The summed E-state index contributed by atoms with van der Waals surface area (Å²) in [5, 5.41) is 2.92. The lowest BCUT2D eigenvalue weighted by Crippen LogP contribution is -2.41. The van der Waals surface area contributed by atoms with E-state index in [1.165, 1.54) is 0 Å². The van der Waals surface area contributed by atoms with Crippen molar-refractivity contribution >= 4 is 17.5 Å². The molecule has 0 spiro atoms. The van der Waals surface area contributed by atoms with Gasteiger partial charge in [-0.05, 0) is 66.1 Å². The largest absolute Gasteiger partial charge is 0.454 e. The molecule has 0 radical (unpaired) electrons. The standard InChI is InChI=1S/C28H29N3O6/c1-28(2,14-29)15-31(27(33)20-7-9-23-25(12-20)37-17-35-23)13-18-4-3-5-21(10-18)30-26(32)19-6-8-22-24(11-19)36-16-34-22/h3-12H,13-17,29H2,1-2H3,(H,30,32). The van der Waals surface area contributed by atoms with Gasteiger partial charge < -0.3 is 34.9 Å². The molecule has 2 aliphatic heterocycles. The molecule has 0 bridgehead atoms. The second kappa shape index (κ2) is 10.0. The highest BCUT2D eigenvalue weighted by molar-refractivity contribution is 6.04. The Morgan fingerprint density at radius 3 is 2.16 bits per heavy atom. The molecule has 0 saturated heterocycles. The van der Waals surface area contributed by atoms with E-state index in [1.807, 2.05) is 38.1 Å². The van der Waals surface area contributed by atoms with Gasteiger partial charge in [0.15, 0.2) is 23.0 Å². The van der Waals surface area contributed by atoms with Crippen LogP contribution in [0, 0.1) is 5.41 Å². The van der Waals surface area contributed by atoms with Gasteiger partial charge >= 0.3 is 0 Å². The minimum absolute atomic E-state index is 0.141. The summed E-state index contributed by atoms with van der Waals surface area (Å²) in [6, 6.07) is 17.7. The fourth-order valence-electron chi connectivity index (χ4n) is 4.20. The predicted octanol–water partition coefficient (Wildman–Crippen LogP) is 4.02. The van der Waals surface area contributed by atoms with Gasteiger partial charge in [0.1, 0.15) is 0 Å². The van der Waals surface area contributed by atoms with Gasteiger partial charge in [0.05, 0.1) is 0 Å². The maximum Gasteiger partial charge on any atom is 0.255 e. The van der Waals surface area contributed by atoms with Crippen molar-refractivity contribution < 1.29 is 28.5 Å². The number of carbonyl (C=O) groups excluding carboxylic acids is 2. The number of anilines is 1. The summed E-state index contributed by atoms with van der Waals surface area (Å²) >= 11 is 0. The average molecular weight is 504 g/mol. The van der Waals surface area contributed by atoms with Crippen LogP contribution in [0.15, 0.2) is 60.7 Å². The summed E-state index contributed by atoms with van der Waals surface area (Å²) in [4.78, 5) is 28.2. The van der Waals surface area contributed by atoms with Crippen LogP contribution < -0.4 is 30.0 Å². The first-order valence-corrected chi connectivity index (χ1v) is 12.0. The number of fused-ring (bicyclic) bond motifs is 2. The topological polar surface area (TPSA) is 112 Å². The SMILES string of the molecule is CC(C)(CN)CN(Cc1cccc(NC(=O)c2ccc3c(c2)OCO3)c1)C(=O)c1ccc2c(c1)OCO2. The van der Waals surface area contributed by atoms with Gasteiger partial charge in [0.2, 0.25) is 13.6 Å². The molecule has 3 N–H and O–H groups in total. The lowest BCUT2D eigenvalue weighted by molar-refractivity contribution is 0.0672. The molecule has 9 heteroatoms. The number of hydrogen-bond acceptors (Lipinski definition) is 7. The first-order chi connectivity index (χ1) is 17.8. The van der Waals surface area contributed by atoms with E-state index in [4.69, 9.17) is 24.7 Å². The quantitative estimate of drug-likeness (QED) is 0.477. The summed E-state index contributed by atoms with van der Waals surface area (Å²) < 4.78 is 21.5. The molecule has 3 aromatic carbocycles. The Bertz CT molecular complexity index is 1340. The maximum atomic E-state index is 13.6. The number of nitrogens with two attached hydrogens (primary N) is 1. The normalized spacial score (nSPS) is 13.4. The van der Waals surface area contributed by atoms with Crippen LogP contribution in [0.25, 0.3) is 0 Å². The Hall–Kier alpha value is -4.24. The van der Waals surface area contributed by atoms with Crippen LogP contribution >= 0.6 is 0 Å². The third-order valence-corrected chi connectivity index (χ3v) is 6.27. The highest BCUT2D eigenvalue weighted by Gasteiger charge is 2.26. The Kier molecular flexibility index (Phi) is 6.62. The van der Waals surface area contributed by atoms with E-state index < -0.39 is 0 Å². The van der Waals surface area contributed by atoms with Crippen LogP contribution in [0.5, 0.6) is 23.0 Å². The van der Waals surface area contributed by atoms with E-state index in [0.717, 1.165) is 5.56 Å². The average Bonchev–Trinajstić information content (AvgIpc) is 3.56. The minimum Gasteiger partial charge on any atom is -0.454 e. The van der Waals surface area contributed by atoms with Gasteiger partial charge in [-0.1, -0.05) is 26.0 Å². The number of amides is 2. The van der Waals surface area contributed by atoms with E-state index in [2.05, 4.69) is 5.32 Å². The van der Waals surface area contributed by atoms with Crippen LogP contribution in [0.4, 0.5) is 5.69 Å². The van der Waals surface area contributed by atoms with Crippen molar-refractivity contribution in [2.45, 2.75) is 20.4 Å². The number of benzene rings is 3. The zero-order valence-corrected chi connectivity index (χ0v) is 20.8. The summed E-state index contributed by atoms with van der Waals surface area (Å²) in [5.74, 6) is 1.92. The summed E-state index contributed by atoms with van der Waals surface area (Å²) in [7, 11) is 0. The molecule has 0 fully saturated rings. The van der Waals surface area contributed by atoms with Crippen LogP contribution in [0.1, 0.15) is 40.1 Å². The van der Waals surface area contributed by atoms with Gasteiger partial charge in [-0.3, -0.25) is 9.59 Å². The first kappa shape index (κ1) is 24.5. The monoisotopic (exact) mass is 503 g/mol. The maximum absolute atomic E-state index is 13.6. The molecule has 0 saturated carbocycles. The van der Waals surface area contributed by atoms with Crippen LogP contribution in [-0.4, -0.2) is 43.4 Å². The van der Waals surface area contributed by atoms with Crippen molar-refractivity contribution in [3.63, 3.8) is 0 Å². The predicted molar refractivity (Wildman–Crippen MR) is 137 cm³/mol. The molecular weight excluding hydrogens is 474 g/mol. The van der Waals surface area contributed by atoms with Crippen LogP contribution in [0.2, 0.25) is 0 Å². The van der Waals surface area contributed by atoms with E-state index in [1.54, 1.807) is 41.3 Å². The third-order valence-electron chi connectivity index (χ3n) is 6.27. The Morgan fingerprint density at radius 1 is 0.865 bits per heavy atom. The number of nitrogens with zero attached hydrogens (tertiary/aromatic N) is 1. The Labute approximate surface area is 215 Å². The number of hydrogen-bond donors (Lipinski definition) is 2. The highest BCUT2D eigenvalue weighted by atomic mass is 16.7. The number of nitrogens with one attached hydrogen (secondary N) is 1. The first-order valence-electron chi connectivity index (χ1n) is 12.0. The van der Waals surface area contributed by atoms with E-state index >= 15 is 0 Å². The zero-order valence-electron chi connectivity index (χ0n) is 20.8. The lowest BCUT2D eigenvalue weighted by Gasteiger charge is -2.32. The Balaban J connectivity index is 1.34. The van der Waals surface area contributed by atoms with Crippen molar-refractivity contribution in [2.75, 3.05) is 32.0 Å². The van der Waals surface area contributed by atoms with Crippen molar-refractivity contribution in [3.05, 3.63) is 77.4 Å². The molecule has 2 amide bonds. The third kappa shape index (κ3) is 5.46. The Morgan fingerprint density at radius 2 is 1.49 bits per heavy atom. The van der Waals surface area contributed by atoms with E-state index in [9.17, 15) is 9.59 Å². The fourth-order valence-corrected chi connectivity index (χ4v) is 4.20. The van der Waals surface area contributed by atoms with Gasteiger partial charge in [0, 0.05) is 29.9 Å². The van der Waals surface area contributed by atoms with Crippen molar-refractivity contribution in [2.24, 2.45) is 11.1 Å². The molecule has 0 atom stereocenters. The molecule has 0 aromatic heterocycles. The molecule has 0 aliphatic carbocycles. The molecule has 37 heavy (non-hydrogen) atoms. The molecule has 0 unspecified atom stereocenters. The van der Waals surface area contributed by atoms with Gasteiger partial charge in [-0.25, -0.2) is 0 Å². The second-order valence-corrected chi connectivity index (χ2v) is 9.82. The lowest BCUT2D eigenvalue weighted by atomic mass is 9.92. The van der Waals surface area contributed by atoms with Gasteiger partial charge in [-0.2, -0.15) is 0 Å². The van der Waals surface area contributed by atoms with Crippen molar-refractivity contribution in [3.8, 4) is 23.0 Å². The van der Waals surface area contributed by atoms with Crippen molar-refractivity contribution in [1.29, 1.82) is 0 Å². The van der Waals surface area contributed by atoms with Crippen molar-refractivity contribution in [1.82, 2.24) is 4.90 Å². The summed E-state index contributed by atoms with van der Waals surface area (Å²) in [5.41, 5.74) is 8.14. The molecular formula is C28H29N3O6. The van der Waals surface area contributed by atoms with Gasteiger partial charge in [-0.15, -0.1) is 0 Å². The second-order valence-electron chi connectivity index (χ2n) is 9.82. The molecule has 3 aromatic rings. The molecule has 192 valence electrons. The van der Waals surface area contributed by atoms with Gasteiger partial charge in [0.25, 0.3) is 11.8 Å². The summed E-state index contributed by atoms with van der Waals surface area (Å²) in [6.45, 7) is 5.54. The van der Waals surface area contributed by atoms with E-state index in [-0.39, 0.29) is 30.8 Å². The number of rotatable bonds is 8. The van der Waals surface area contributed by atoms with Crippen LogP contribution in [-0.2, 0) is 6.54 Å². The molecule has 2 aliphatic rings. The number of ether oxygens (including phenoxy) is 4. The molecule has 2 heterocycles. The minimum atomic E-state index is -0.294. The zero-order chi connectivity index (χ0) is 26.0. The molecule has 9 nitrogen and oxygen atoms in total. The number of carbonyl (C=O) groups is 2. The fraction of sp³-hybridized carbons (Fsp3) is 0.286. The highest BCUT2D eigenvalue weighted by Crippen LogP contribution is 2.34. The van der Waals surface area contributed by atoms with Crippen LogP contribution in [0.3, 0.4) is 0 Å². The molecule has 5 rings (SSSR count). The van der Waals surface area contributed by atoms with E-state index in [0.29, 0.717) is 59.4 Å². The summed E-state index contributed by atoms with van der Waals surface area (Å²) in [6.07, 6.45) is 0.